The molecule has 0 aromatic carbocycles. The maximum absolute atomic E-state index is 11.6. The van der Waals surface area contributed by atoms with E-state index >= 15 is 0 Å². The first-order valence-electron chi connectivity index (χ1n) is 4.06. The first kappa shape index (κ1) is 11.2. The van der Waals surface area contributed by atoms with E-state index in [0.29, 0.717) is 6.61 Å². The van der Waals surface area contributed by atoms with Gasteiger partial charge >= 0.3 is 0 Å². The average molecular weight is 219 g/mol. The van der Waals surface area contributed by atoms with Gasteiger partial charge in [0.1, 0.15) is 4.90 Å². The van der Waals surface area contributed by atoms with Crippen LogP contribution in [-0.4, -0.2) is 38.4 Å². The van der Waals surface area contributed by atoms with Crippen LogP contribution in [0.25, 0.3) is 0 Å². The van der Waals surface area contributed by atoms with Gasteiger partial charge < -0.3 is 4.74 Å². The van der Waals surface area contributed by atoms with Gasteiger partial charge in [0.25, 0.3) is 0 Å². The highest BCUT2D eigenvalue weighted by molar-refractivity contribution is 7.89. The molecule has 2 N–H and O–H groups in total. The number of H-pyrrole nitrogens is 1. The topological polar surface area (TPSA) is 84.1 Å². The smallest absolute Gasteiger partial charge is 0.244 e. The maximum atomic E-state index is 11.6. The molecular formula is C7H13N3O3S. The molecule has 1 heterocycles. The fraction of sp³-hybridized carbons (Fsp3) is 0.571. The molecule has 0 aliphatic heterocycles. The van der Waals surface area contributed by atoms with Gasteiger partial charge in [-0.2, -0.15) is 5.10 Å². The predicted octanol–water partition coefficient (Wildman–Crippen LogP) is -0.277. The summed E-state index contributed by atoms with van der Waals surface area (Å²) in [7, 11) is -1.95. The summed E-state index contributed by atoms with van der Waals surface area (Å²) in [5, 5.41) is 6.01. The van der Waals surface area contributed by atoms with Crippen LogP contribution in [0, 0.1) is 0 Å². The summed E-state index contributed by atoms with van der Waals surface area (Å²) >= 11 is 0. The number of methoxy groups -OCH3 is 1. The molecule has 7 heteroatoms. The van der Waals surface area contributed by atoms with Gasteiger partial charge in [0.05, 0.1) is 12.8 Å². The molecule has 0 saturated carbocycles. The van der Waals surface area contributed by atoms with Crippen LogP contribution >= 0.6 is 0 Å². The molecule has 14 heavy (non-hydrogen) atoms. The van der Waals surface area contributed by atoms with Crippen molar-refractivity contribution in [3.8, 4) is 0 Å². The molecule has 0 amide bonds. The molecule has 0 spiro atoms. The standard InChI is InChI=1S/C7H13N3O3S/c1-6(5-13-2)10-14(11,12)7-3-8-9-4-7/h3-4,6,10H,5H2,1-2H3,(H,8,9). The van der Waals surface area contributed by atoms with Crippen molar-refractivity contribution in [3.63, 3.8) is 0 Å². The van der Waals surface area contributed by atoms with Crippen molar-refractivity contribution in [1.82, 2.24) is 14.9 Å². The predicted molar refractivity (Wildman–Crippen MR) is 50.2 cm³/mol. The highest BCUT2D eigenvalue weighted by atomic mass is 32.2. The zero-order chi connectivity index (χ0) is 10.6. The third kappa shape index (κ3) is 2.79. The van der Waals surface area contributed by atoms with Crippen LogP contribution in [0.3, 0.4) is 0 Å². The van der Waals surface area contributed by atoms with Crippen molar-refractivity contribution in [2.45, 2.75) is 17.9 Å². The molecule has 0 aliphatic carbocycles. The molecule has 0 radical (unpaired) electrons. The van der Waals surface area contributed by atoms with Crippen molar-refractivity contribution >= 4 is 10.0 Å². The summed E-state index contributed by atoms with van der Waals surface area (Å²) in [4.78, 5) is 0.125. The number of hydrogen-bond donors (Lipinski definition) is 2. The Hall–Kier alpha value is -0.920. The molecule has 1 aromatic rings. The van der Waals surface area contributed by atoms with Crippen LogP contribution in [0.4, 0.5) is 0 Å². The van der Waals surface area contributed by atoms with Gasteiger partial charge in [0, 0.05) is 19.3 Å². The van der Waals surface area contributed by atoms with Crippen molar-refractivity contribution < 1.29 is 13.2 Å². The van der Waals surface area contributed by atoms with Crippen molar-refractivity contribution in [1.29, 1.82) is 0 Å². The SMILES string of the molecule is COCC(C)NS(=O)(=O)c1cn[nH]c1. The molecular weight excluding hydrogens is 206 g/mol. The lowest BCUT2D eigenvalue weighted by molar-refractivity contribution is 0.180. The molecule has 0 saturated heterocycles. The zero-order valence-electron chi connectivity index (χ0n) is 8.02. The number of nitrogens with one attached hydrogen (secondary N) is 2. The Bertz CT molecular complexity index is 360. The molecule has 1 unspecified atom stereocenters. The summed E-state index contributed by atoms with van der Waals surface area (Å²) in [6.07, 6.45) is 2.57. The minimum absolute atomic E-state index is 0.125. The van der Waals surface area contributed by atoms with Crippen molar-refractivity contribution in [2.75, 3.05) is 13.7 Å². The first-order valence-corrected chi connectivity index (χ1v) is 5.54. The summed E-state index contributed by atoms with van der Waals surface area (Å²) in [5.74, 6) is 0. The van der Waals surface area contributed by atoms with E-state index in [1.54, 1.807) is 6.92 Å². The lowest BCUT2D eigenvalue weighted by Gasteiger charge is -2.11. The number of sulfonamides is 1. The number of nitrogens with zero attached hydrogens (tertiary/aromatic N) is 1. The van der Waals surface area contributed by atoms with E-state index < -0.39 is 10.0 Å². The highest BCUT2D eigenvalue weighted by Gasteiger charge is 2.17. The Labute approximate surface area is 82.7 Å². The second-order valence-corrected chi connectivity index (χ2v) is 4.63. The summed E-state index contributed by atoms with van der Waals surface area (Å²) in [6.45, 7) is 2.05. The highest BCUT2D eigenvalue weighted by Crippen LogP contribution is 2.05. The van der Waals surface area contributed by atoms with E-state index in [0.717, 1.165) is 0 Å². The van der Waals surface area contributed by atoms with Gasteiger partial charge in [-0.05, 0) is 6.92 Å². The number of aromatic nitrogens is 2. The van der Waals surface area contributed by atoms with Crippen LogP contribution in [0.5, 0.6) is 0 Å². The van der Waals surface area contributed by atoms with E-state index in [4.69, 9.17) is 4.74 Å². The van der Waals surface area contributed by atoms with E-state index in [9.17, 15) is 8.42 Å². The molecule has 1 aromatic heterocycles. The van der Waals surface area contributed by atoms with Crippen molar-refractivity contribution in [3.05, 3.63) is 12.4 Å². The fourth-order valence-electron chi connectivity index (χ4n) is 1.00. The Morgan fingerprint density at radius 3 is 2.93 bits per heavy atom. The van der Waals surface area contributed by atoms with Gasteiger partial charge in [0.15, 0.2) is 0 Å². The maximum Gasteiger partial charge on any atom is 0.244 e. The normalized spacial score (nSPS) is 14.1. The third-order valence-electron chi connectivity index (χ3n) is 1.56. The van der Waals surface area contributed by atoms with Crippen LogP contribution in [0.2, 0.25) is 0 Å². The molecule has 0 bridgehead atoms. The average Bonchev–Trinajstić information content (AvgIpc) is 2.54. The Morgan fingerprint density at radius 1 is 1.71 bits per heavy atom. The Kier molecular flexibility index (Phi) is 3.62. The minimum Gasteiger partial charge on any atom is -0.383 e. The van der Waals surface area contributed by atoms with E-state index in [1.807, 2.05) is 0 Å². The Morgan fingerprint density at radius 2 is 2.43 bits per heavy atom. The van der Waals surface area contributed by atoms with Gasteiger partial charge in [-0.15, -0.1) is 0 Å². The lowest BCUT2D eigenvalue weighted by atomic mass is 10.4. The van der Waals surface area contributed by atoms with Crippen LogP contribution in [0.15, 0.2) is 17.3 Å². The minimum atomic E-state index is -3.46. The first-order chi connectivity index (χ1) is 6.56. The van der Waals surface area contributed by atoms with Gasteiger partial charge in [0.2, 0.25) is 10.0 Å². The quantitative estimate of drug-likeness (QED) is 0.713. The second-order valence-electron chi connectivity index (χ2n) is 2.91. The van der Waals surface area contributed by atoms with Gasteiger partial charge in [-0.3, -0.25) is 5.10 Å². The van der Waals surface area contributed by atoms with E-state index in [2.05, 4.69) is 14.9 Å². The number of rotatable bonds is 5. The fourth-order valence-corrected chi connectivity index (χ4v) is 2.14. The van der Waals surface area contributed by atoms with Crippen LogP contribution in [-0.2, 0) is 14.8 Å². The molecule has 0 fully saturated rings. The van der Waals surface area contributed by atoms with Gasteiger partial charge in [-0.1, -0.05) is 0 Å². The van der Waals surface area contributed by atoms with Crippen LogP contribution < -0.4 is 4.72 Å². The monoisotopic (exact) mass is 219 g/mol. The third-order valence-corrected chi connectivity index (χ3v) is 3.11. The lowest BCUT2D eigenvalue weighted by Crippen LogP contribution is -2.35. The molecule has 1 rings (SSSR count). The van der Waals surface area contributed by atoms with E-state index in [1.165, 1.54) is 19.5 Å². The van der Waals surface area contributed by atoms with Gasteiger partial charge in [-0.25, -0.2) is 13.1 Å². The number of hydrogen-bond acceptors (Lipinski definition) is 4. The Balaban J connectivity index is 2.68. The second kappa shape index (κ2) is 4.54. The van der Waals surface area contributed by atoms with Crippen LogP contribution in [0.1, 0.15) is 6.92 Å². The largest absolute Gasteiger partial charge is 0.383 e. The number of ether oxygens (including phenoxy) is 1. The van der Waals surface area contributed by atoms with E-state index in [-0.39, 0.29) is 10.9 Å². The molecule has 80 valence electrons. The summed E-state index contributed by atoms with van der Waals surface area (Å²) < 4.78 is 30.4. The molecule has 1 atom stereocenters. The van der Waals surface area contributed by atoms with Crippen molar-refractivity contribution in [2.24, 2.45) is 0 Å². The zero-order valence-corrected chi connectivity index (χ0v) is 8.84. The molecule has 6 nitrogen and oxygen atoms in total. The summed E-state index contributed by atoms with van der Waals surface area (Å²) in [6, 6.07) is -0.264. The summed E-state index contributed by atoms with van der Waals surface area (Å²) in [5.41, 5.74) is 0. The molecule has 0 aliphatic rings. The number of aromatic amines is 1.